The highest BCUT2D eigenvalue weighted by Gasteiger charge is 2.29. The lowest BCUT2D eigenvalue weighted by atomic mass is 9.98. The average Bonchev–Trinajstić information content (AvgIpc) is 2.42. The minimum atomic E-state index is -0.815. The highest BCUT2D eigenvalue weighted by Crippen LogP contribution is 2.17. The molecule has 0 saturated carbocycles. The molecule has 2 rings (SSSR count). The summed E-state index contributed by atoms with van der Waals surface area (Å²) in [5.41, 5.74) is 1.07. The number of carboxylic acids is 1. The third-order valence-electron chi connectivity index (χ3n) is 3.29. The average molecular weight is 259 g/mol. The van der Waals surface area contributed by atoms with E-state index in [1.54, 1.807) is 4.90 Å². The van der Waals surface area contributed by atoms with Crippen molar-refractivity contribution in [1.82, 2.24) is 4.90 Å². The van der Waals surface area contributed by atoms with Gasteiger partial charge in [0.2, 0.25) is 5.91 Å². The molecule has 1 saturated heterocycles. The van der Waals surface area contributed by atoms with E-state index in [-0.39, 0.29) is 5.91 Å². The van der Waals surface area contributed by atoms with E-state index >= 15 is 0 Å². The zero-order valence-electron chi connectivity index (χ0n) is 10.7. The van der Waals surface area contributed by atoms with E-state index in [9.17, 15) is 9.59 Å². The summed E-state index contributed by atoms with van der Waals surface area (Å²) in [7, 11) is 0. The van der Waals surface area contributed by atoms with Gasteiger partial charge in [0, 0.05) is 19.5 Å². The van der Waals surface area contributed by atoms with Crippen molar-refractivity contribution >= 4 is 18.0 Å². The van der Waals surface area contributed by atoms with Crippen molar-refractivity contribution in [1.29, 1.82) is 0 Å². The van der Waals surface area contributed by atoms with Crippen LogP contribution in [0.15, 0.2) is 36.4 Å². The largest absolute Gasteiger partial charge is 0.481 e. The summed E-state index contributed by atoms with van der Waals surface area (Å²) < 4.78 is 0. The number of likely N-dealkylation sites (tertiary alicyclic amines) is 1. The lowest BCUT2D eigenvalue weighted by Gasteiger charge is -2.29. The zero-order chi connectivity index (χ0) is 13.7. The zero-order valence-corrected chi connectivity index (χ0v) is 10.7. The molecule has 0 bridgehead atoms. The highest BCUT2D eigenvalue weighted by atomic mass is 16.4. The number of carbonyl (C=O) groups is 2. The van der Waals surface area contributed by atoms with E-state index in [2.05, 4.69) is 0 Å². The first-order valence-corrected chi connectivity index (χ1v) is 6.39. The third kappa shape index (κ3) is 3.68. The van der Waals surface area contributed by atoms with Crippen molar-refractivity contribution in [2.45, 2.75) is 12.8 Å². The van der Waals surface area contributed by atoms with Crippen LogP contribution in [0.1, 0.15) is 18.4 Å². The molecule has 0 aliphatic carbocycles. The monoisotopic (exact) mass is 259 g/mol. The fourth-order valence-electron chi connectivity index (χ4n) is 2.17. The van der Waals surface area contributed by atoms with Crippen molar-refractivity contribution < 1.29 is 14.7 Å². The molecule has 1 fully saturated rings. The summed E-state index contributed by atoms with van der Waals surface area (Å²) in [6.07, 6.45) is 4.62. The van der Waals surface area contributed by atoms with Gasteiger partial charge in [-0.1, -0.05) is 42.5 Å². The topological polar surface area (TPSA) is 57.6 Å². The van der Waals surface area contributed by atoms with E-state index in [0.29, 0.717) is 25.9 Å². The molecular weight excluding hydrogens is 242 g/mol. The van der Waals surface area contributed by atoms with Gasteiger partial charge in [0.05, 0.1) is 5.92 Å². The molecule has 1 unspecified atom stereocenters. The molecule has 0 radical (unpaired) electrons. The molecule has 4 nitrogen and oxygen atoms in total. The number of carbonyl (C=O) groups excluding carboxylic acids is 1. The quantitative estimate of drug-likeness (QED) is 0.900. The molecule has 1 heterocycles. The first kappa shape index (κ1) is 13.3. The summed E-state index contributed by atoms with van der Waals surface area (Å²) in [4.78, 5) is 24.3. The van der Waals surface area contributed by atoms with E-state index in [1.165, 1.54) is 0 Å². The summed E-state index contributed by atoms with van der Waals surface area (Å²) in [5.74, 6) is -1.21. The lowest BCUT2D eigenvalue weighted by molar-refractivity contribution is -0.147. The van der Waals surface area contributed by atoms with Crippen LogP contribution >= 0.6 is 0 Å². The van der Waals surface area contributed by atoms with Crippen LogP contribution in [0.4, 0.5) is 0 Å². The van der Waals surface area contributed by atoms with Gasteiger partial charge in [0.25, 0.3) is 0 Å². The van der Waals surface area contributed by atoms with Crippen LogP contribution < -0.4 is 0 Å². The van der Waals surface area contributed by atoms with Crippen molar-refractivity contribution in [2.24, 2.45) is 5.92 Å². The molecule has 1 aromatic carbocycles. The number of hydrogen-bond acceptors (Lipinski definition) is 2. The smallest absolute Gasteiger partial charge is 0.308 e. The van der Waals surface area contributed by atoms with Gasteiger partial charge >= 0.3 is 5.97 Å². The molecule has 0 spiro atoms. The van der Waals surface area contributed by atoms with Crippen LogP contribution in [0.5, 0.6) is 0 Å². The first-order chi connectivity index (χ1) is 9.16. The Morgan fingerprint density at radius 3 is 2.79 bits per heavy atom. The number of hydrogen-bond donors (Lipinski definition) is 1. The van der Waals surface area contributed by atoms with Crippen LogP contribution in [0.3, 0.4) is 0 Å². The molecule has 4 heteroatoms. The molecule has 1 atom stereocenters. The van der Waals surface area contributed by atoms with Crippen molar-refractivity contribution in [2.75, 3.05) is 13.1 Å². The third-order valence-corrected chi connectivity index (χ3v) is 3.29. The van der Waals surface area contributed by atoms with Gasteiger partial charge < -0.3 is 10.0 Å². The minimum absolute atomic E-state index is 0.0372. The summed E-state index contributed by atoms with van der Waals surface area (Å²) in [6.45, 7) is 0.783. The van der Waals surface area contributed by atoms with Gasteiger partial charge in [-0.3, -0.25) is 9.59 Å². The second-order valence-electron chi connectivity index (χ2n) is 4.69. The predicted octanol–water partition coefficient (Wildman–Crippen LogP) is 2.02. The molecule has 19 heavy (non-hydrogen) atoms. The Kier molecular flexibility index (Phi) is 4.34. The summed E-state index contributed by atoms with van der Waals surface area (Å²) in [6, 6.07) is 9.81. The van der Waals surface area contributed by atoms with Gasteiger partial charge in [-0.05, 0) is 12.0 Å². The second kappa shape index (κ2) is 6.18. The van der Waals surface area contributed by atoms with Gasteiger partial charge in [-0.15, -0.1) is 0 Å². The van der Waals surface area contributed by atoms with Crippen molar-refractivity contribution in [3.8, 4) is 0 Å². The van der Waals surface area contributed by atoms with Crippen LogP contribution in [0.25, 0.3) is 6.08 Å². The molecule has 1 aromatic rings. The van der Waals surface area contributed by atoms with Crippen molar-refractivity contribution in [3.05, 3.63) is 42.0 Å². The molecule has 1 amide bonds. The molecule has 100 valence electrons. The minimum Gasteiger partial charge on any atom is -0.481 e. The molecular formula is C15H17NO3. The van der Waals surface area contributed by atoms with Gasteiger partial charge in [0.15, 0.2) is 0 Å². The second-order valence-corrected chi connectivity index (χ2v) is 4.69. The van der Waals surface area contributed by atoms with Crippen molar-refractivity contribution in [3.63, 3.8) is 0 Å². The maximum Gasteiger partial charge on any atom is 0.308 e. The maximum atomic E-state index is 11.7. The van der Waals surface area contributed by atoms with Crippen LogP contribution in [-0.4, -0.2) is 35.0 Å². The number of benzene rings is 1. The van der Waals surface area contributed by atoms with Gasteiger partial charge in [0.1, 0.15) is 0 Å². The first-order valence-electron chi connectivity index (χ1n) is 6.39. The standard InChI is InChI=1S/C15H17NO3/c17-14-9-8-13(15(18)19)11-16(14)10-4-7-12-5-2-1-3-6-12/h1-7,13H,8-11H2,(H,18,19). The van der Waals surface area contributed by atoms with Gasteiger partial charge in [-0.25, -0.2) is 0 Å². The fourth-order valence-corrected chi connectivity index (χ4v) is 2.17. The Bertz CT molecular complexity index is 481. The van der Waals surface area contributed by atoms with E-state index < -0.39 is 11.9 Å². The number of rotatable bonds is 4. The molecule has 1 N–H and O–H groups in total. The highest BCUT2D eigenvalue weighted by molar-refractivity contribution is 5.80. The SMILES string of the molecule is O=C(O)C1CCC(=O)N(CC=Cc2ccccc2)C1. The van der Waals surface area contributed by atoms with Crippen LogP contribution in [-0.2, 0) is 9.59 Å². The summed E-state index contributed by atoms with van der Waals surface area (Å²) >= 11 is 0. The van der Waals surface area contributed by atoms with E-state index in [0.717, 1.165) is 5.56 Å². The maximum absolute atomic E-state index is 11.7. The number of piperidine rings is 1. The molecule has 1 aliphatic heterocycles. The number of nitrogens with zero attached hydrogens (tertiary/aromatic N) is 1. The predicted molar refractivity (Wildman–Crippen MR) is 72.4 cm³/mol. The lowest BCUT2D eigenvalue weighted by Crippen LogP contribution is -2.42. The number of amides is 1. The van der Waals surface area contributed by atoms with Gasteiger partial charge in [-0.2, -0.15) is 0 Å². The number of aliphatic carboxylic acids is 1. The van der Waals surface area contributed by atoms with Crippen LogP contribution in [0, 0.1) is 5.92 Å². The van der Waals surface area contributed by atoms with E-state index in [4.69, 9.17) is 5.11 Å². The number of carboxylic acid groups (broad SMARTS) is 1. The Hall–Kier alpha value is -2.10. The Morgan fingerprint density at radius 1 is 1.37 bits per heavy atom. The Labute approximate surface area is 112 Å². The normalized spacial score (nSPS) is 19.9. The molecule has 0 aromatic heterocycles. The Balaban J connectivity index is 1.92. The fraction of sp³-hybridized carbons (Fsp3) is 0.333. The molecule has 1 aliphatic rings. The Morgan fingerprint density at radius 2 is 2.11 bits per heavy atom. The van der Waals surface area contributed by atoms with Crippen LogP contribution in [0.2, 0.25) is 0 Å². The summed E-state index contributed by atoms with van der Waals surface area (Å²) in [5, 5.41) is 8.99. The van der Waals surface area contributed by atoms with E-state index in [1.807, 2.05) is 42.5 Å².